The lowest BCUT2D eigenvalue weighted by atomic mass is 10.1. The van der Waals surface area contributed by atoms with Crippen LogP contribution in [0, 0.1) is 24.1 Å². The Balaban J connectivity index is 2.02. The van der Waals surface area contributed by atoms with Crippen molar-refractivity contribution in [1.29, 1.82) is 5.26 Å². The number of fused-ring (bicyclic) bond motifs is 1. The number of aryl methyl sites for hydroxylation is 3. The molecule has 3 rings (SSSR count). The fourth-order valence-electron chi connectivity index (χ4n) is 2.56. The molecule has 3 nitrogen and oxygen atoms in total. The van der Waals surface area contributed by atoms with Gasteiger partial charge in [0, 0.05) is 11.4 Å². The monoisotopic (exact) mass is 345 g/mol. The van der Waals surface area contributed by atoms with Gasteiger partial charge < -0.3 is 5.32 Å². The van der Waals surface area contributed by atoms with Crippen molar-refractivity contribution in [3.05, 3.63) is 50.9 Å². The van der Waals surface area contributed by atoms with Crippen LogP contribution in [-0.2, 0) is 12.8 Å². The lowest BCUT2D eigenvalue weighted by molar-refractivity contribution is 0.620. The smallest absolute Gasteiger partial charge is 0.148 e. The topological polar surface area (TPSA) is 48.7 Å². The first kappa shape index (κ1) is 14.0. The highest BCUT2D eigenvalue weighted by Crippen LogP contribution is 2.30. The molecule has 106 valence electrons. The number of aromatic nitrogens is 1. The fourth-order valence-corrected chi connectivity index (χ4v) is 2.90. The number of hydrogen-bond donors (Lipinski definition) is 1. The second-order valence-corrected chi connectivity index (χ2v) is 6.02. The summed E-state index contributed by atoms with van der Waals surface area (Å²) in [5.41, 5.74) is 4.24. The molecular formula is C16H13BrFN3. The van der Waals surface area contributed by atoms with E-state index in [0.717, 1.165) is 41.8 Å². The van der Waals surface area contributed by atoms with Gasteiger partial charge in [0.1, 0.15) is 17.7 Å². The average molecular weight is 346 g/mol. The Labute approximate surface area is 131 Å². The molecule has 1 aromatic heterocycles. The second kappa shape index (κ2) is 5.45. The number of nitriles is 1. The molecule has 5 heteroatoms. The van der Waals surface area contributed by atoms with Gasteiger partial charge in [-0.2, -0.15) is 5.26 Å². The molecule has 0 atom stereocenters. The number of nitrogens with one attached hydrogen (secondary N) is 1. The summed E-state index contributed by atoms with van der Waals surface area (Å²) >= 11 is 3.18. The minimum Gasteiger partial charge on any atom is -0.339 e. The number of benzene rings is 1. The predicted octanol–water partition coefficient (Wildman–Crippen LogP) is 4.40. The SMILES string of the molecule is Cc1cc(F)c(Br)cc1Nc1nc2c(cc1C#N)CCC2. The Bertz CT molecular complexity index is 765. The van der Waals surface area contributed by atoms with Crippen molar-refractivity contribution in [1.82, 2.24) is 4.98 Å². The summed E-state index contributed by atoms with van der Waals surface area (Å²) < 4.78 is 13.9. The summed E-state index contributed by atoms with van der Waals surface area (Å²) in [4.78, 5) is 4.57. The van der Waals surface area contributed by atoms with Crippen molar-refractivity contribution in [3.63, 3.8) is 0 Å². The van der Waals surface area contributed by atoms with Gasteiger partial charge in [-0.1, -0.05) is 0 Å². The highest BCUT2D eigenvalue weighted by atomic mass is 79.9. The first-order valence-corrected chi connectivity index (χ1v) is 7.53. The number of rotatable bonds is 2. The lowest BCUT2D eigenvalue weighted by Gasteiger charge is -2.12. The van der Waals surface area contributed by atoms with Crippen molar-refractivity contribution < 1.29 is 4.39 Å². The third-order valence-electron chi connectivity index (χ3n) is 3.69. The van der Waals surface area contributed by atoms with Crippen molar-refractivity contribution in [2.75, 3.05) is 5.32 Å². The predicted molar refractivity (Wildman–Crippen MR) is 83.1 cm³/mol. The highest BCUT2D eigenvalue weighted by Gasteiger charge is 2.17. The van der Waals surface area contributed by atoms with Crippen LogP contribution in [0.1, 0.15) is 28.8 Å². The third kappa shape index (κ3) is 2.64. The van der Waals surface area contributed by atoms with Crippen LogP contribution in [0.3, 0.4) is 0 Å². The van der Waals surface area contributed by atoms with Crippen LogP contribution in [0.25, 0.3) is 0 Å². The zero-order valence-electron chi connectivity index (χ0n) is 11.5. The van der Waals surface area contributed by atoms with Gasteiger partial charge in [-0.15, -0.1) is 0 Å². The fraction of sp³-hybridized carbons (Fsp3) is 0.250. The molecule has 1 aliphatic rings. The second-order valence-electron chi connectivity index (χ2n) is 5.16. The van der Waals surface area contributed by atoms with Crippen LogP contribution in [0.15, 0.2) is 22.7 Å². The Morgan fingerprint density at radius 1 is 1.33 bits per heavy atom. The minimum absolute atomic E-state index is 0.305. The van der Waals surface area contributed by atoms with Crippen LogP contribution in [0.2, 0.25) is 0 Å². The maximum Gasteiger partial charge on any atom is 0.148 e. The van der Waals surface area contributed by atoms with E-state index in [-0.39, 0.29) is 5.82 Å². The van der Waals surface area contributed by atoms with Gasteiger partial charge in [-0.05, 0) is 71.4 Å². The molecule has 1 aromatic carbocycles. The van der Waals surface area contributed by atoms with Crippen molar-refractivity contribution in [2.45, 2.75) is 26.2 Å². The molecular weight excluding hydrogens is 333 g/mol. The van der Waals surface area contributed by atoms with Crippen LogP contribution in [-0.4, -0.2) is 4.98 Å². The van der Waals surface area contributed by atoms with E-state index >= 15 is 0 Å². The van der Waals surface area contributed by atoms with Gasteiger partial charge in [-0.25, -0.2) is 9.37 Å². The Kier molecular flexibility index (Phi) is 3.64. The molecule has 0 fully saturated rings. The van der Waals surface area contributed by atoms with E-state index in [9.17, 15) is 9.65 Å². The van der Waals surface area contributed by atoms with E-state index in [2.05, 4.69) is 32.3 Å². The standard InChI is InChI=1S/C16H13BrFN3/c1-9-5-13(18)12(17)7-15(9)21-16-11(8-19)6-10-3-2-4-14(10)20-16/h5-7H,2-4H2,1H3,(H,20,21). The van der Waals surface area contributed by atoms with E-state index in [4.69, 9.17) is 0 Å². The summed E-state index contributed by atoms with van der Waals surface area (Å²) in [5.74, 6) is 0.236. The van der Waals surface area contributed by atoms with Crippen molar-refractivity contribution >= 4 is 27.4 Å². The average Bonchev–Trinajstić information content (AvgIpc) is 2.91. The minimum atomic E-state index is -0.305. The maximum atomic E-state index is 13.5. The van der Waals surface area contributed by atoms with Gasteiger partial charge in [0.15, 0.2) is 0 Å². The van der Waals surface area contributed by atoms with Crippen LogP contribution < -0.4 is 5.32 Å². The van der Waals surface area contributed by atoms with E-state index in [1.54, 1.807) is 6.07 Å². The molecule has 0 saturated heterocycles. The number of nitrogens with zero attached hydrogens (tertiary/aromatic N) is 2. The molecule has 0 unspecified atom stereocenters. The molecule has 0 radical (unpaired) electrons. The summed E-state index contributed by atoms with van der Waals surface area (Å²) in [6.45, 7) is 1.82. The van der Waals surface area contributed by atoms with Crippen LogP contribution >= 0.6 is 15.9 Å². The summed E-state index contributed by atoms with van der Waals surface area (Å²) in [6.07, 6.45) is 3.01. The molecule has 0 aliphatic heterocycles. The van der Waals surface area contributed by atoms with E-state index < -0.39 is 0 Å². The van der Waals surface area contributed by atoms with Gasteiger partial charge in [0.05, 0.1) is 10.0 Å². The molecule has 1 N–H and O–H groups in total. The first-order chi connectivity index (χ1) is 10.1. The van der Waals surface area contributed by atoms with Crippen molar-refractivity contribution in [3.8, 4) is 6.07 Å². The Morgan fingerprint density at radius 2 is 2.14 bits per heavy atom. The molecule has 1 heterocycles. The Hall–Kier alpha value is -1.93. The van der Waals surface area contributed by atoms with E-state index in [0.29, 0.717) is 15.9 Å². The largest absolute Gasteiger partial charge is 0.339 e. The first-order valence-electron chi connectivity index (χ1n) is 6.74. The number of pyridine rings is 1. The van der Waals surface area contributed by atoms with Crippen LogP contribution in [0.5, 0.6) is 0 Å². The molecule has 1 aliphatic carbocycles. The van der Waals surface area contributed by atoms with Gasteiger partial charge in [0.25, 0.3) is 0 Å². The quantitative estimate of drug-likeness (QED) is 0.877. The van der Waals surface area contributed by atoms with Crippen molar-refractivity contribution in [2.24, 2.45) is 0 Å². The number of halogens is 2. The molecule has 0 amide bonds. The molecule has 0 spiro atoms. The number of anilines is 2. The molecule has 0 bridgehead atoms. The zero-order valence-corrected chi connectivity index (χ0v) is 13.1. The van der Waals surface area contributed by atoms with Gasteiger partial charge >= 0.3 is 0 Å². The third-order valence-corrected chi connectivity index (χ3v) is 4.30. The number of hydrogen-bond acceptors (Lipinski definition) is 3. The molecule has 21 heavy (non-hydrogen) atoms. The van der Waals surface area contributed by atoms with Gasteiger partial charge in [0.2, 0.25) is 0 Å². The van der Waals surface area contributed by atoms with Crippen LogP contribution in [0.4, 0.5) is 15.9 Å². The highest BCUT2D eigenvalue weighted by molar-refractivity contribution is 9.10. The zero-order chi connectivity index (χ0) is 15.0. The molecule has 2 aromatic rings. The maximum absolute atomic E-state index is 13.5. The van der Waals surface area contributed by atoms with E-state index in [1.165, 1.54) is 6.07 Å². The summed E-state index contributed by atoms with van der Waals surface area (Å²) in [7, 11) is 0. The lowest BCUT2D eigenvalue weighted by Crippen LogP contribution is -2.02. The summed E-state index contributed by atoms with van der Waals surface area (Å²) in [6, 6.07) is 7.21. The Morgan fingerprint density at radius 3 is 2.90 bits per heavy atom. The summed E-state index contributed by atoms with van der Waals surface area (Å²) in [5, 5.41) is 12.5. The van der Waals surface area contributed by atoms with E-state index in [1.807, 2.05) is 13.0 Å². The van der Waals surface area contributed by atoms with Gasteiger partial charge in [-0.3, -0.25) is 0 Å². The molecule has 0 saturated carbocycles. The normalized spacial score (nSPS) is 12.9.